The second-order valence-corrected chi connectivity index (χ2v) is 4.57. The van der Waals surface area contributed by atoms with Crippen molar-refractivity contribution in [2.45, 2.75) is 26.4 Å². The molecule has 6 heteroatoms. The van der Waals surface area contributed by atoms with Crippen LogP contribution < -0.4 is 10.6 Å². The molecule has 94 valence electrons. The summed E-state index contributed by atoms with van der Waals surface area (Å²) in [6.07, 6.45) is 0. The van der Waals surface area contributed by atoms with Crippen molar-refractivity contribution in [2.75, 3.05) is 12.4 Å². The van der Waals surface area contributed by atoms with E-state index in [1.54, 1.807) is 6.92 Å². The van der Waals surface area contributed by atoms with E-state index in [0.29, 0.717) is 6.54 Å². The summed E-state index contributed by atoms with van der Waals surface area (Å²) < 4.78 is 4.61. The zero-order valence-corrected chi connectivity index (χ0v) is 10.9. The largest absolute Gasteiger partial charge is 0.468 e. The molecule has 17 heavy (non-hydrogen) atoms. The molecule has 0 aromatic carbocycles. The standard InChI is InChI=1S/C11H16N2O3S/c1-7(11(15)16-3)12-6-10-9(4-5-17-10)13-8(2)14/h4-5,7,12H,6H2,1-3H3,(H,13,14). The fourth-order valence-corrected chi connectivity index (χ4v) is 2.07. The van der Waals surface area contributed by atoms with Crippen LogP contribution in [0.25, 0.3) is 0 Å². The van der Waals surface area contributed by atoms with Gasteiger partial charge in [0.1, 0.15) is 6.04 Å². The van der Waals surface area contributed by atoms with Crippen LogP contribution in [0.3, 0.4) is 0 Å². The fraction of sp³-hybridized carbons (Fsp3) is 0.455. The maximum atomic E-state index is 11.2. The second kappa shape index (κ2) is 6.36. The lowest BCUT2D eigenvalue weighted by molar-refractivity contribution is -0.142. The molecule has 0 spiro atoms. The summed E-state index contributed by atoms with van der Waals surface area (Å²) in [5, 5.41) is 7.66. The van der Waals surface area contributed by atoms with Gasteiger partial charge in [0, 0.05) is 18.3 Å². The maximum Gasteiger partial charge on any atom is 0.322 e. The summed E-state index contributed by atoms with van der Waals surface area (Å²) in [5.41, 5.74) is 0.784. The van der Waals surface area contributed by atoms with E-state index < -0.39 is 0 Å². The van der Waals surface area contributed by atoms with Crippen LogP contribution in [0.4, 0.5) is 5.69 Å². The predicted octanol–water partition coefficient (Wildman–Crippen LogP) is 1.36. The lowest BCUT2D eigenvalue weighted by Gasteiger charge is -2.11. The first kappa shape index (κ1) is 13.7. The zero-order valence-electron chi connectivity index (χ0n) is 10.1. The number of anilines is 1. The number of rotatable bonds is 5. The third-order valence-corrected chi connectivity index (χ3v) is 3.10. The highest BCUT2D eigenvalue weighted by molar-refractivity contribution is 7.10. The highest BCUT2D eigenvalue weighted by Crippen LogP contribution is 2.22. The van der Waals surface area contributed by atoms with E-state index in [9.17, 15) is 9.59 Å². The number of hydrogen-bond donors (Lipinski definition) is 2. The molecule has 0 saturated heterocycles. The van der Waals surface area contributed by atoms with E-state index in [1.807, 2.05) is 11.4 Å². The van der Waals surface area contributed by atoms with E-state index in [1.165, 1.54) is 25.4 Å². The van der Waals surface area contributed by atoms with Gasteiger partial charge in [-0.1, -0.05) is 0 Å². The van der Waals surface area contributed by atoms with Crippen LogP contribution in [0.2, 0.25) is 0 Å². The monoisotopic (exact) mass is 256 g/mol. The molecule has 0 saturated carbocycles. The Labute approximate surface area is 104 Å². The van der Waals surface area contributed by atoms with E-state index >= 15 is 0 Å². The number of thiophene rings is 1. The number of methoxy groups -OCH3 is 1. The molecule has 0 aliphatic carbocycles. The second-order valence-electron chi connectivity index (χ2n) is 3.56. The average molecular weight is 256 g/mol. The van der Waals surface area contributed by atoms with Crippen LogP contribution in [0.1, 0.15) is 18.7 Å². The normalized spacial score (nSPS) is 11.9. The van der Waals surface area contributed by atoms with Crippen LogP contribution >= 0.6 is 11.3 Å². The Hall–Kier alpha value is -1.40. The number of esters is 1. The molecule has 2 N–H and O–H groups in total. The van der Waals surface area contributed by atoms with Crippen molar-refractivity contribution in [3.05, 3.63) is 16.3 Å². The number of hydrogen-bond acceptors (Lipinski definition) is 5. The van der Waals surface area contributed by atoms with Crippen LogP contribution in [0, 0.1) is 0 Å². The van der Waals surface area contributed by atoms with Gasteiger partial charge < -0.3 is 10.1 Å². The minimum atomic E-state index is -0.368. The van der Waals surface area contributed by atoms with Crippen LogP contribution in [-0.4, -0.2) is 25.0 Å². The van der Waals surface area contributed by atoms with Crippen LogP contribution in [0.15, 0.2) is 11.4 Å². The van der Waals surface area contributed by atoms with E-state index in [2.05, 4.69) is 15.4 Å². The first-order chi connectivity index (χ1) is 8.04. The van der Waals surface area contributed by atoms with Crippen LogP contribution in [-0.2, 0) is 20.9 Å². The highest BCUT2D eigenvalue weighted by atomic mass is 32.1. The zero-order chi connectivity index (χ0) is 12.8. The molecule has 0 aliphatic rings. The first-order valence-corrected chi connectivity index (χ1v) is 6.07. The van der Waals surface area contributed by atoms with Gasteiger partial charge in [0.15, 0.2) is 0 Å². The Morgan fingerprint density at radius 3 is 2.82 bits per heavy atom. The van der Waals surface area contributed by atoms with Gasteiger partial charge in [0.2, 0.25) is 5.91 Å². The van der Waals surface area contributed by atoms with Crippen molar-refractivity contribution in [2.24, 2.45) is 0 Å². The molecule has 1 atom stereocenters. The lowest BCUT2D eigenvalue weighted by Crippen LogP contribution is -2.34. The van der Waals surface area contributed by atoms with Gasteiger partial charge in [-0.3, -0.25) is 14.9 Å². The number of ether oxygens (including phenoxy) is 1. The lowest BCUT2D eigenvalue weighted by atomic mass is 10.3. The quantitative estimate of drug-likeness (QED) is 0.781. The average Bonchev–Trinajstić information content (AvgIpc) is 2.71. The van der Waals surface area contributed by atoms with Crippen molar-refractivity contribution in [3.8, 4) is 0 Å². The third kappa shape index (κ3) is 4.16. The molecule has 5 nitrogen and oxygen atoms in total. The molecule has 1 unspecified atom stereocenters. The molecule has 1 aromatic heterocycles. The number of carbonyl (C=O) groups excluding carboxylic acids is 2. The van der Waals surface area contributed by atoms with Gasteiger partial charge in [-0.15, -0.1) is 11.3 Å². The van der Waals surface area contributed by atoms with Gasteiger partial charge in [0.05, 0.1) is 12.8 Å². The van der Waals surface area contributed by atoms with Crippen molar-refractivity contribution >= 4 is 28.9 Å². The Kier molecular flexibility index (Phi) is 5.11. The SMILES string of the molecule is COC(=O)C(C)NCc1sccc1NC(C)=O. The Balaban J connectivity index is 2.54. The summed E-state index contributed by atoms with van der Waals surface area (Å²) in [6, 6.07) is 1.47. The number of nitrogens with one attached hydrogen (secondary N) is 2. The molecular weight excluding hydrogens is 240 g/mol. The molecule has 0 radical (unpaired) electrons. The minimum Gasteiger partial charge on any atom is -0.468 e. The highest BCUT2D eigenvalue weighted by Gasteiger charge is 2.13. The Morgan fingerprint density at radius 1 is 1.53 bits per heavy atom. The summed E-state index contributed by atoms with van der Waals surface area (Å²) in [5.74, 6) is -0.409. The fourth-order valence-electron chi connectivity index (χ4n) is 1.28. The van der Waals surface area contributed by atoms with Gasteiger partial charge in [-0.2, -0.15) is 0 Å². The predicted molar refractivity (Wildman–Crippen MR) is 66.9 cm³/mol. The topological polar surface area (TPSA) is 67.4 Å². The third-order valence-electron chi connectivity index (χ3n) is 2.18. The van der Waals surface area contributed by atoms with Crippen molar-refractivity contribution in [3.63, 3.8) is 0 Å². The summed E-state index contributed by atoms with van der Waals surface area (Å²) >= 11 is 1.52. The minimum absolute atomic E-state index is 0.106. The summed E-state index contributed by atoms with van der Waals surface area (Å²) in [4.78, 5) is 23.1. The Bertz CT molecular complexity index is 403. The van der Waals surface area contributed by atoms with Crippen molar-refractivity contribution in [1.29, 1.82) is 0 Å². The summed E-state index contributed by atoms with van der Waals surface area (Å²) in [7, 11) is 1.36. The number of carbonyl (C=O) groups is 2. The van der Waals surface area contributed by atoms with E-state index in [4.69, 9.17) is 0 Å². The Morgan fingerprint density at radius 2 is 2.24 bits per heavy atom. The maximum absolute atomic E-state index is 11.2. The molecule has 0 fully saturated rings. The molecule has 1 heterocycles. The van der Waals surface area contributed by atoms with E-state index in [-0.39, 0.29) is 17.9 Å². The molecule has 1 rings (SSSR count). The van der Waals surface area contributed by atoms with Crippen molar-refractivity contribution < 1.29 is 14.3 Å². The van der Waals surface area contributed by atoms with Gasteiger partial charge in [0.25, 0.3) is 0 Å². The molecule has 1 aromatic rings. The van der Waals surface area contributed by atoms with E-state index in [0.717, 1.165) is 10.6 Å². The van der Waals surface area contributed by atoms with Crippen molar-refractivity contribution in [1.82, 2.24) is 5.32 Å². The van der Waals surface area contributed by atoms with Gasteiger partial charge >= 0.3 is 5.97 Å². The molecule has 1 amide bonds. The first-order valence-electron chi connectivity index (χ1n) is 5.19. The molecular formula is C11H16N2O3S. The molecule has 0 bridgehead atoms. The van der Waals surface area contributed by atoms with Gasteiger partial charge in [-0.05, 0) is 18.4 Å². The van der Waals surface area contributed by atoms with Crippen LogP contribution in [0.5, 0.6) is 0 Å². The molecule has 0 aliphatic heterocycles. The smallest absolute Gasteiger partial charge is 0.322 e. The summed E-state index contributed by atoms with van der Waals surface area (Å²) in [6.45, 7) is 3.72. The van der Waals surface area contributed by atoms with Gasteiger partial charge in [-0.25, -0.2) is 0 Å². The number of amides is 1.